The summed E-state index contributed by atoms with van der Waals surface area (Å²) in [7, 11) is 0. The minimum Gasteiger partial charge on any atom is -0.490 e. The third kappa shape index (κ3) is 4.82. The van der Waals surface area contributed by atoms with Gasteiger partial charge in [-0.05, 0) is 92.4 Å². The highest BCUT2D eigenvalue weighted by atomic mass is 16.5. The highest BCUT2D eigenvalue weighted by Gasteiger charge is 2.22. The number of fused-ring (bicyclic) bond motifs is 2. The molecule has 2 aliphatic rings. The first-order valence-corrected chi connectivity index (χ1v) is 12.9. The van der Waals surface area contributed by atoms with Gasteiger partial charge in [-0.2, -0.15) is 0 Å². The molecule has 4 aromatic rings. The molecule has 6 nitrogen and oxygen atoms in total. The lowest BCUT2D eigenvalue weighted by molar-refractivity contribution is 0.102. The summed E-state index contributed by atoms with van der Waals surface area (Å²) in [5.74, 6) is 0.855. The van der Waals surface area contributed by atoms with E-state index in [1.165, 1.54) is 11.1 Å². The maximum atomic E-state index is 13.2. The molecule has 1 amide bonds. The molecule has 3 heterocycles. The van der Waals surface area contributed by atoms with E-state index in [4.69, 9.17) is 4.74 Å². The number of benzene rings is 3. The molecule has 0 unspecified atom stereocenters. The van der Waals surface area contributed by atoms with E-state index < -0.39 is 0 Å². The van der Waals surface area contributed by atoms with Crippen molar-refractivity contribution in [3.63, 3.8) is 0 Å². The fourth-order valence-corrected chi connectivity index (χ4v) is 5.39. The van der Waals surface area contributed by atoms with Gasteiger partial charge in [-0.1, -0.05) is 24.3 Å². The highest BCUT2D eigenvalue weighted by Crippen LogP contribution is 2.36. The fourth-order valence-electron chi connectivity index (χ4n) is 5.39. The molecule has 1 saturated heterocycles. The number of amides is 1. The Bertz CT molecular complexity index is 1360. The number of aromatic nitrogens is 1. The molecule has 6 heteroatoms. The second kappa shape index (κ2) is 10.1. The second-order valence-electron chi connectivity index (χ2n) is 9.78. The van der Waals surface area contributed by atoms with E-state index in [1.54, 1.807) is 0 Å². The molecule has 36 heavy (non-hydrogen) atoms. The lowest BCUT2D eigenvalue weighted by Crippen LogP contribution is -2.34. The van der Waals surface area contributed by atoms with Crippen molar-refractivity contribution in [2.24, 2.45) is 0 Å². The average Bonchev–Trinajstić information content (AvgIpc) is 3.39. The second-order valence-corrected chi connectivity index (χ2v) is 9.78. The molecule has 2 aliphatic heterocycles. The average molecular weight is 481 g/mol. The maximum Gasteiger partial charge on any atom is 0.255 e. The van der Waals surface area contributed by atoms with Crippen LogP contribution in [0, 0.1) is 0 Å². The number of carbonyl (C=O) groups excluding carboxylic acids is 1. The van der Waals surface area contributed by atoms with Gasteiger partial charge < -0.3 is 25.3 Å². The lowest BCUT2D eigenvalue weighted by Gasteiger charge is -2.33. The Kier molecular flexibility index (Phi) is 6.35. The van der Waals surface area contributed by atoms with Crippen LogP contribution in [0.3, 0.4) is 0 Å². The summed E-state index contributed by atoms with van der Waals surface area (Å²) in [4.78, 5) is 18.7. The molecule has 0 radical (unpaired) electrons. The van der Waals surface area contributed by atoms with E-state index in [0.29, 0.717) is 11.7 Å². The van der Waals surface area contributed by atoms with E-state index in [-0.39, 0.29) is 5.91 Å². The van der Waals surface area contributed by atoms with Crippen LogP contribution in [0.25, 0.3) is 10.9 Å². The molecule has 6 rings (SSSR count). The number of anilines is 2. The van der Waals surface area contributed by atoms with Gasteiger partial charge in [0.15, 0.2) is 0 Å². The Morgan fingerprint density at radius 1 is 1.03 bits per heavy atom. The normalized spacial score (nSPS) is 16.1. The van der Waals surface area contributed by atoms with Gasteiger partial charge in [-0.15, -0.1) is 0 Å². The molecule has 0 spiro atoms. The molecule has 1 fully saturated rings. The number of aryl methyl sites for hydroxylation is 1. The van der Waals surface area contributed by atoms with Crippen LogP contribution < -0.4 is 20.3 Å². The lowest BCUT2D eigenvalue weighted by atomic mass is 9.99. The van der Waals surface area contributed by atoms with Gasteiger partial charge in [0, 0.05) is 35.8 Å². The van der Waals surface area contributed by atoms with E-state index in [9.17, 15) is 4.79 Å². The van der Waals surface area contributed by atoms with E-state index in [0.717, 1.165) is 79.9 Å². The van der Waals surface area contributed by atoms with Crippen molar-refractivity contribution >= 4 is 28.2 Å². The van der Waals surface area contributed by atoms with Crippen LogP contribution in [0.2, 0.25) is 0 Å². The minimum absolute atomic E-state index is 0.0866. The summed E-state index contributed by atoms with van der Waals surface area (Å²) >= 11 is 0. The summed E-state index contributed by atoms with van der Waals surface area (Å²) in [6.07, 6.45) is 6.43. The van der Waals surface area contributed by atoms with Gasteiger partial charge in [0.2, 0.25) is 0 Å². The van der Waals surface area contributed by atoms with Crippen molar-refractivity contribution in [3.8, 4) is 5.75 Å². The number of H-pyrrole nitrogens is 1. The van der Waals surface area contributed by atoms with Gasteiger partial charge in [0.05, 0.1) is 11.4 Å². The number of hydrogen-bond donors (Lipinski definition) is 3. The highest BCUT2D eigenvalue weighted by molar-refractivity contribution is 6.08. The summed E-state index contributed by atoms with van der Waals surface area (Å²) in [6.45, 7) is 3.80. The first-order valence-electron chi connectivity index (χ1n) is 12.9. The fraction of sp³-hybridized carbons (Fsp3) is 0.300. The molecule has 0 bridgehead atoms. The number of nitrogens with zero attached hydrogens (tertiary/aromatic N) is 1. The van der Waals surface area contributed by atoms with Crippen LogP contribution in [0.5, 0.6) is 5.75 Å². The Balaban J connectivity index is 1.19. The summed E-state index contributed by atoms with van der Waals surface area (Å²) < 4.78 is 6.18. The van der Waals surface area contributed by atoms with Crippen LogP contribution in [-0.2, 0) is 13.0 Å². The molecule has 0 atom stereocenters. The topological polar surface area (TPSA) is 69.4 Å². The van der Waals surface area contributed by atoms with Gasteiger partial charge in [-0.25, -0.2) is 0 Å². The van der Waals surface area contributed by atoms with Gasteiger partial charge in [-0.3, -0.25) is 4.79 Å². The standard InChI is InChI=1S/C30H32N4O2/c35-30(24-8-11-27-23(19-24)12-17-32-27)33-28-5-1-3-22-4-2-18-34(29(22)28)20-21-6-9-25(10-7-21)36-26-13-15-31-16-14-26/h1,3,5-12,17,19,26,31-32H,2,4,13-16,18,20H2,(H,33,35). The first kappa shape index (κ1) is 22.7. The van der Waals surface area contributed by atoms with Crippen molar-refractivity contribution in [3.05, 3.63) is 89.6 Å². The Morgan fingerprint density at radius 2 is 1.89 bits per heavy atom. The van der Waals surface area contributed by atoms with E-state index in [1.807, 2.05) is 42.6 Å². The SMILES string of the molecule is O=C(Nc1cccc2c1N(Cc1ccc(OC3CCNCC3)cc1)CCC2)c1ccc2[nH]ccc2c1. The van der Waals surface area contributed by atoms with Crippen molar-refractivity contribution in [2.75, 3.05) is 29.9 Å². The quantitative estimate of drug-likeness (QED) is 0.341. The summed E-state index contributed by atoms with van der Waals surface area (Å²) in [5, 5.41) is 7.61. The van der Waals surface area contributed by atoms with Crippen molar-refractivity contribution < 1.29 is 9.53 Å². The molecule has 3 aromatic carbocycles. The third-order valence-corrected chi connectivity index (χ3v) is 7.26. The smallest absolute Gasteiger partial charge is 0.255 e. The summed E-state index contributed by atoms with van der Waals surface area (Å²) in [5.41, 5.74) is 6.21. The first-order chi connectivity index (χ1) is 17.7. The van der Waals surface area contributed by atoms with Crippen LogP contribution >= 0.6 is 0 Å². The Morgan fingerprint density at radius 3 is 2.75 bits per heavy atom. The molecular formula is C30H32N4O2. The number of hydrogen-bond acceptors (Lipinski definition) is 4. The zero-order chi connectivity index (χ0) is 24.3. The van der Waals surface area contributed by atoms with Crippen molar-refractivity contribution in [1.29, 1.82) is 0 Å². The molecule has 3 N–H and O–H groups in total. The monoisotopic (exact) mass is 480 g/mol. The number of para-hydroxylation sites is 1. The molecule has 1 aromatic heterocycles. The predicted molar refractivity (Wildman–Crippen MR) is 145 cm³/mol. The van der Waals surface area contributed by atoms with Crippen LogP contribution in [0.15, 0.2) is 72.9 Å². The van der Waals surface area contributed by atoms with Crippen LogP contribution in [0.4, 0.5) is 11.4 Å². The Hall–Kier alpha value is -3.77. The molecule has 0 aliphatic carbocycles. The Labute approximate surface area is 211 Å². The van der Waals surface area contributed by atoms with Gasteiger partial charge in [0.25, 0.3) is 5.91 Å². The zero-order valence-electron chi connectivity index (χ0n) is 20.4. The zero-order valence-corrected chi connectivity index (χ0v) is 20.4. The van der Waals surface area contributed by atoms with Gasteiger partial charge >= 0.3 is 0 Å². The van der Waals surface area contributed by atoms with Crippen LogP contribution in [0.1, 0.15) is 40.7 Å². The summed E-state index contributed by atoms with van der Waals surface area (Å²) in [6, 6.07) is 22.5. The number of rotatable bonds is 6. The van der Waals surface area contributed by atoms with Crippen molar-refractivity contribution in [1.82, 2.24) is 10.3 Å². The minimum atomic E-state index is -0.0866. The number of aromatic amines is 1. The molecular weight excluding hydrogens is 448 g/mol. The van der Waals surface area contributed by atoms with Gasteiger partial charge in [0.1, 0.15) is 11.9 Å². The number of nitrogens with one attached hydrogen (secondary N) is 3. The maximum absolute atomic E-state index is 13.2. The van der Waals surface area contributed by atoms with E-state index >= 15 is 0 Å². The van der Waals surface area contributed by atoms with E-state index in [2.05, 4.69) is 50.8 Å². The number of ether oxygens (including phenoxy) is 1. The number of piperidine rings is 1. The van der Waals surface area contributed by atoms with Crippen LogP contribution in [-0.4, -0.2) is 36.6 Å². The predicted octanol–water partition coefficient (Wildman–Crippen LogP) is 5.50. The largest absolute Gasteiger partial charge is 0.490 e. The number of carbonyl (C=O) groups is 1. The van der Waals surface area contributed by atoms with Crippen molar-refractivity contribution in [2.45, 2.75) is 38.3 Å². The molecule has 184 valence electrons. The molecule has 0 saturated carbocycles. The third-order valence-electron chi connectivity index (χ3n) is 7.26.